The van der Waals surface area contributed by atoms with E-state index in [-0.39, 0.29) is 11.8 Å². The number of anilines is 1. The Morgan fingerprint density at radius 2 is 1.68 bits per heavy atom. The summed E-state index contributed by atoms with van der Waals surface area (Å²) in [5, 5.41) is 12.5. The van der Waals surface area contributed by atoms with Crippen molar-refractivity contribution < 1.29 is 9.59 Å². The van der Waals surface area contributed by atoms with E-state index in [0.717, 1.165) is 36.3 Å². The van der Waals surface area contributed by atoms with E-state index >= 15 is 0 Å². The summed E-state index contributed by atoms with van der Waals surface area (Å²) in [5.74, 6) is 0.503. The fourth-order valence-corrected chi connectivity index (χ4v) is 4.98. The minimum Gasteiger partial charge on any atom is -0.370 e. The summed E-state index contributed by atoms with van der Waals surface area (Å²) >= 11 is 1.39. The number of primary amides is 1. The van der Waals surface area contributed by atoms with Crippen molar-refractivity contribution in [2.75, 3.05) is 5.32 Å². The molecule has 0 aliphatic heterocycles. The molecule has 0 bridgehead atoms. The number of amides is 2. The summed E-state index contributed by atoms with van der Waals surface area (Å²) in [5.41, 5.74) is 8.33. The van der Waals surface area contributed by atoms with Crippen LogP contribution in [0.3, 0.4) is 0 Å². The number of carbonyl (C=O) groups is 2. The summed E-state index contributed by atoms with van der Waals surface area (Å²) in [6, 6.07) is 17.9. The van der Waals surface area contributed by atoms with Gasteiger partial charge in [0.2, 0.25) is 11.0 Å². The van der Waals surface area contributed by atoms with Crippen molar-refractivity contribution in [3.63, 3.8) is 0 Å². The lowest BCUT2D eigenvalue weighted by atomic mass is 9.77. The maximum atomic E-state index is 12.6. The van der Waals surface area contributed by atoms with Crippen LogP contribution in [0.2, 0.25) is 0 Å². The number of hydrogen-bond donors (Lipinski definition) is 2. The second-order valence-corrected chi connectivity index (χ2v) is 9.19. The van der Waals surface area contributed by atoms with Crippen molar-refractivity contribution in [1.82, 2.24) is 10.2 Å². The Balaban J connectivity index is 1.31. The van der Waals surface area contributed by atoms with Gasteiger partial charge in [-0.2, -0.15) is 0 Å². The van der Waals surface area contributed by atoms with E-state index in [4.69, 9.17) is 5.73 Å². The Kier molecular flexibility index (Phi) is 6.72. The zero-order valence-electron chi connectivity index (χ0n) is 17.3. The third-order valence-electron chi connectivity index (χ3n) is 5.87. The van der Waals surface area contributed by atoms with Crippen molar-refractivity contribution in [2.45, 2.75) is 44.4 Å². The Bertz CT molecular complexity index is 1030. The number of carbonyl (C=O) groups excluding carboxylic acids is 2. The molecule has 6 nitrogen and oxygen atoms in total. The number of nitrogens with two attached hydrogens (primary N) is 1. The predicted molar refractivity (Wildman–Crippen MR) is 122 cm³/mol. The van der Waals surface area contributed by atoms with E-state index < -0.39 is 0 Å². The Hall–Kier alpha value is -3.06. The van der Waals surface area contributed by atoms with Crippen molar-refractivity contribution in [2.24, 2.45) is 11.7 Å². The normalized spacial score (nSPS) is 18.5. The van der Waals surface area contributed by atoms with Gasteiger partial charge in [0.1, 0.15) is 5.01 Å². The van der Waals surface area contributed by atoms with E-state index in [1.807, 2.05) is 54.6 Å². The first kappa shape index (κ1) is 21.2. The molecule has 0 spiro atoms. The molecule has 4 rings (SSSR count). The molecule has 3 N–H and O–H groups in total. The average Bonchev–Trinajstić information content (AvgIpc) is 3.21. The number of hydrogen-bond acceptors (Lipinski definition) is 5. The molecule has 1 heterocycles. The number of nitrogens with one attached hydrogen (secondary N) is 1. The molecular weight excluding hydrogens is 408 g/mol. The van der Waals surface area contributed by atoms with Gasteiger partial charge in [0, 0.05) is 18.4 Å². The minimum atomic E-state index is -0.207. The standard InChI is InChI=1S/C24H26N4O2S/c25-21(29)14-17-6-8-18(9-7-17)19-10-12-20(13-11-19)23(30)26-24-28-27-22(31-24)15-16-4-2-1-3-5-16/h1-5,10-13,17-18H,6-9,14-15H2,(H2,25,29)(H,26,28,30). The highest BCUT2D eigenvalue weighted by molar-refractivity contribution is 7.15. The van der Waals surface area contributed by atoms with Gasteiger partial charge in [0.05, 0.1) is 0 Å². The fourth-order valence-electron chi connectivity index (χ4n) is 4.21. The Labute approximate surface area is 185 Å². The molecule has 0 atom stereocenters. The van der Waals surface area contributed by atoms with Gasteiger partial charge in [-0.15, -0.1) is 10.2 Å². The van der Waals surface area contributed by atoms with E-state index in [2.05, 4.69) is 15.5 Å². The third kappa shape index (κ3) is 5.76. The van der Waals surface area contributed by atoms with E-state index in [1.54, 1.807) is 0 Å². The van der Waals surface area contributed by atoms with Crippen LogP contribution in [0.15, 0.2) is 54.6 Å². The van der Waals surface area contributed by atoms with Gasteiger partial charge in [0.15, 0.2) is 0 Å². The molecule has 3 aromatic rings. The minimum absolute atomic E-state index is 0.181. The van der Waals surface area contributed by atoms with Crippen LogP contribution in [0.4, 0.5) is 5.13 Å². The average molecular weight is 435 g/mol. The van der Waals surface area contributed by atoms with Gasteiger partial charge in [0.25, 0.3) is 5.91 Å². The fraction of sp³-hybridized carbons (Fsp3) is 0.333. The van der Waals surface area contributed by atoms with E-state index in [9.17, 15) is 9.59 Å². The van der Waals surface area contributed by atoms with E-state index in [0.29, 0.717) is 35.4 Å². The highest BCUT2D eigenvalue weighted by atomic mass is 32.1. The molecular formula is C24H26N4O2S. The quantitative estimate of drug-likeness (QED) is 0.571. The van der Waals surface area contributed by atoms with Crippen LogP contribution in [0.25, 0.3) is 0 Å². The summed E-state index contributed by atoms with van der Waals surface area (Å²) < 4.78 is 0. The van der Waals surface area contributed by atoms with Gasteiger partial charge in [-0.25, -0.2) is 0 Å². The zero-order chi connectivity index (χ0) is 21.6. The second-order valence-electron chi connectivity index (χ2n) is 8.13. The molecule has 2 aromatic carbocycles. The zero-order valence-corrected chi connectivity index (χ0v) is 18.1. The monoisotopic (exact) mass is 434 g/mol. The molecule has 0 unspecified atom stereocenters. The SMILES string of the molecule is NC(=O)CC1CCC(c2ccc(C(=O)Nc3nnc(Cc4ccccc4)s3)cc2)CC1. The van der Waals surface area contributed by atoms with Crippen LogP contribution < -0.4 is 11.1 Å². The van der Waals surface area contributed by atoms with Crippen LogP contribution in [0, 0.1) is 5.92 Å². The Morgan fingerprint density at radius 1 is 0.968 bits per heavy atom. The van der Waals surface area contributed by atoms with Crippen LogP contribution >= 0.6 is 11.3 Å². The highest BCUT2D eigenvalue weighted by Gasteiger charge is 2.23. The molecule has 7 heteroatoms. The highest BCUT2D eigenvalue weighted by Crippen LogP contribution is 2.37. The van der Waals surface area contributed by atoms with Gasteiger partial charge < -0.3 is 5.73 Å². The van der Waals surface area contributed by atoms with Crippen molar-refractivity contribution in [3.05, 3.63) is 76.3 Å². The molecule has 2 amide bonds. The van der Waals surface area contributed by atoms with Gasteiger partial charge >= 0.3 is 0 Å². The first-order chi connectivity index (χ1) is 15.1. The number of aromatic nitrogens is 2. The van der Waals surface area contributed by atoms with Crippen molar-refractivity contribution >= 4 is 28.3 Å². The molecule has 31 heavy (non-hydrogen) atoms. The van der Waals surface area contributed by atoms with Crippen LogP contribution in [0.5, 0.6) is 0 Å². The third-order valence-corrected chi connectivity index (χ3v) is 6.71. The lowest BCUT2D eigenvalue weighted by Gasteiger charge is -2.28. The second kappa shape index (κ2) is 9.83. The van der Waals surface area contributed by atoms with Gasteiger partial charge in [-0.3, -0.25) is 14.9 Å². The maximum Gasteiger partial charge on any atom is 0.257 e. The van der Waals surface area contributed by atoms with Crippen molar-refractivity contribution in [3.8, 4) is 0 Å². The molecule has 0 saturated heterocycles. The first-order valence-electron chi connectivity index (χ1n) is 10.6. The number of rotatable bonds is 7. The smallest absolute Gasteiger partial charge is 0.257 e. The van der Waals surface area contributed by atoms with Crippen LogP contribution in [-0.4, -0.2) is 22.0 Å². The lowest BCUT2D eigenvalue weighted by molar-refractivity contribution is -0.119. The summed E-state index contributed by atoms with van der Waals surface area (Å²) in [7, 11) is 0. The molecule has 1 aromatic heterocycles. The number of benzene rings is 2. The topological polar surface area (TPSA) is 98.0 Å². The molecule has 160 valence electrons. The summed E-state index contributed by atoms with van der Waals surface area (Å²) in [4.78, 5) is 23.7. The predicted octanol–water partition coefficient (Wildman–Crippen LogP) is 4.53. The number of nitrogens with zero attached hydrogens (tertiary/aromatic N) is 2. The summed E-state index contributed by atoms with van der Waals surface area (Å²) in [6.07, 6.45) is 5.35. The molecule has 1 saturated carbocycles. The van der Waals surface area contributed by atoms with E-state index in [1.165, 1.54) is 16.9 Å². The van der Waals surface area contributed by atoms with Gasteiger partial charge in [-0.05, 0) is 60.8 Å². The molecule has 1 aliphatic rings. The lowest BCUT2D eigenvalue weighted by Crippen LogP contribution is -2.20. The van der Waals surface area contributed by atoms with Crippen LogP contribution in [0.1, 0.15) is 64.5 Å². The van der Waals surface area contributed by atoms with Gasteiger partial charge in [-0.1, -0.05) is 53.8 Å². The van der Waals surface area contributed by atoms with Crippen molar-refractivity contribution in [1.29, 1.82) is 0 Å². The maximum absolute atomic E-state index is 12.6. The Morgan fingerprint density at radius 3 is 2.35 bits per heavy atom. The first-order valence-corrected chi connectivity index (χ1v) is 11.4. The largest absolute Gasteiger partial charge is 0.370 e. The molecule has 1 aliphatic carbocycles. The molecule has 0 radical (unpaired) electrons. The van der Waals surface area contributed by atoms with Crippen LogP contribution in [-0.2, 0) is 11.2 Å². The summed E-state index contributed by atoms with van der Waals surface area (Å²) in [6.45, 7) is 0. The molecule has 1 fully saturated rings.